The first-order chi connectivity index (χ1) is 11.9. The molecule has 138 valence electrons. The van der Waals surface area contributed by atoms with Crippen molar-refractivity contribution in [1.82, 2.24) is 25.1 Å². The van der Waals surface area contributed by atoms with Crippen LogP contribution in [0.1, 0.15) is 41.0 Å². The van der Waals surface area contributed by atoms with E-state index in [4.69, 9.17) is 0 Å². The summed E-state index contributed by atoms with van der Waals surface area (Å²) >= 11 is 1.65. The number of anilines is 1. The first kappa shape index (κ1) is 19.5. The molecule has 8 heteroatoms. The summed E-state index contributed by atoms with van der Waals surface area (Å²) in [6, 6.07) is 0.274. The van der Waals surface area contributed by atoms with Gasteiger partial charge in [0.1, 0.15) is 5.82 Å². The summed E-state index contributed by atoms with van der Waals surface area (Å²) in [6.07, 6.45) is 2.86. The standard InChI is InChI=1S/C17H28N6OS/c1-6-9-25-17-21-14(20-12(4)5)13-10-19-23(15(13)22-17)8-7-18-16(24)11(2)3/h10-12H,6-9H2,1-5H3,(H,18,24)(H,20,21,22). The van der Waals surface area contributed by atoms with Gasteiger partial charge in [0.2, 0.25) is 5.91 Å². The molecule has 0 bridgehead atoms. The number of hydrogen-bond donors (Lipinski definition) is 2. The summed E-state index contributed by atoms with van der Waals surface area (Å²) in [5, 5.41) is 12.4. The lowest BCUT2D eigenvalue weighted by atomic mass is 10.2. The van der Waals surface area contributed by atoms with Gasteiger partial charge in [-0.3, -0.25) is 4.79 Å². The van der Waals surface area contributed by atoms with E-state index in [9.17, 15) is 4.79 Å². The highest BCUT2D eigenvalue weighted by Gasteiger charge is 2.14. The first-order valence-corrected chi connectivity index (χ1v) is 9.81. The predicted octanol–water partition coefficient (Wildman–Crippen LogP) is 2.92. The highest BCUT2D eigenvalue weighted by molar-refractivity contribution is 7.99. The van der Waals surface area contributed by atoms with Crippen LogP contribution < -0.4 is 10.6 Å². The van der Waals surface area contributed by atoms with Crippen molar-refractivity contribution >= 4 is 34.5 Å². The van der Waals surface area contributed by atoms with Gasteiger partial charge in [-0.1, -0.05) is 32.5 Å². The molecule has 2 aromatic rings. The number of carbonyl (C=O) groups is 1. The van der Waals surface area contributed by atoms with Gasteiger partial charge in [-0.2, -0.15) is 5.10 Å². The molecule has 0 unspecified atom stereocenters. The number of aromatic nitrogens is 4. The van der Waals surface area contributed by atoms with Crippen molar-refractivity contribution in [2.75, 3.05) is 17.6 Å². The summed E-state index contributed by atoms with van der Waals surface area (Å²) in [5.74, 6) is 1.82. The normalized spacial score (nSPS) is 11.5. The third-order valence-electron chi connectivity index (χ3n) is 3.48. The minimum atomic E-state index is -0.0180. The Bertz CT molecular complexity index is 712. The molecule has 0 aliphatic heterocycles. The second-order valence-electron chi connectivity index (χ2n) is 6.55. The monoisotopic (exact) mass is 364 g/mol. The number of hydrogen-bond acceptors (Lipinski definition) is 6. The number of rotatable bonds is 9. The fraction of sp³-hybridized carbons (Fsp3) is 0.647. The van der Waals surface area contributed by atoms with Gasteiger partial charge >= 0.3 is 0 Å². The summed E-state index contributed by atoms with van der Waals surface area (Å²) in [6.45, 7) is 11.2. The molecule has 0 aliphatic rings. The molecule has 2 rings (SSSR count). The second kappa shape index (κ2) is 9.03. The van der Waals surface area contributed by atoms with Crippen LogP contribution in [0.4, 0.5) is 5.82 Å². The smallest absolute Gasteiger partial charge is 0.222 e. The largest absolute Gasteiger partial charge is 0.367 e. The molecule has 1 amide bonds. The SMILES string of the molecule is CCCSc1nc(NC(C)C)c2cnn(CCNC(=O)C(C)C)c2n1. The minimum absolute atomic E-state index is 0.0180. The van der Waals surface area contributed by atoms with Gasteiger partial charge in [-0.05, 0) is 20.3 Å². The van der Waals surface area contributed by atoms with Crippen LogP contribution >= 0.6 is 11.8 Å². The van der Waals surface area contributed by atoms with Gasteiger partial charge in [-0.25, -0.2) is 14.6 Å². The molecule has 2 aromatic heterocycles. The van der Waals surface area contributed by atoms with Crippen molar-refractivity contribution in [1.29, 1.82) is 0 Å². The fourth-order valence-electron chi connectivity index (χ4n) is 2.23. The second-order valence-corrected chi connectivity index (χ2v) is 7.62. The molecule has 7 nitrogen and oxygen atoms in total. The maximum Gasteiger partial charge on any atom is 0.222 e. The Morgan fingerprint density at radius 1 is 1.28 bits per heavy atom. The van der Waals surface area contributed by atoms with Gasteiger partial charge in [0.15, 0.2) is 10.8 Å². The molecule has 0 fully saturated rings. The van der Waals surface area contributed by atoms with Crippen LogP contribution in [0.5, 0.6) is 0 Å². The molecule has 0 aliphatic carbocycles. The number of carbonyl (C=O) groups excluding carboxylic acids is 1. The van der Waals surface area contributed by atoms with Crippen molar-refractivity contribution in [3.63, 3.8) is 0 Å². The zero-order valence-corrected chi connectivity index (χ0v) is 16.5. The first-order valence-electron chi connectivity index (χ1n) is 8.83. The van der Waals surface area contributed by atoms with Crippen LogP contribution in [0.2, 0.25) is 0 Å². The van der Waals surface area contributed by atoms with E-state index >= 15 is 0 Å². The summed E-state index contributed by atoms with van der Waals surface area (Å²) < 4.78 is 1.83. The molecule has 2 N–H and O–H groups in total. The van der Waals surface area contributed by atoms with Crippen LogP contribution in [-0.4, -0.2) is 44.0 Å². The maximum atomic E-state index is 11.7. The van der Waals surface area contributed by atoms with Crippen molar-refractivity contribution < 1.29 is 4.79 Å². The Balaban J connectivity index is 2.24. The predicted molar refractivity (Wildman–Crippen MR) is 103 cm³/mol. The molecule has 2 heterocycles. The van der Waals surface area contributed by atoms with Crippen LogP contribution in [0.15, 0.2) is 11.4 Å². The summed E-state index contributed by atoms with van der Waals surface area (Å²) in [4.78, 5) is 21.0. The van der Waals surface area contributed by atoms with Crippen LogP contribution in [0.25, 0.3) is 11.0 Å². The highest BCUT2D eigenvalue weighted by atomic mass is 32.2. The van der Waals surface area contributed by atoms with E-state index in [-0.39, 0.29) is 17.9 Å². The molecule has 0 saturated heterocycles. The van der Waals surface area contributed by atoms with Crippen molar-refractivity contribution in [3.8, 4) is 0 Å². The van der Waals surface area contributed by atoms with Crippen molar-refractivity contribution in [2.45, 2.75) is 58.8 Å². The maximum absolute atomic E-state index is 11.7. The van der Waals surface area contributed by atoms with Gasteiger partial charge in [0.25, 0.3) is 0 Å². The lowest BCUT2D eigenvalue weighted by molar-refractivity contribution is -0.124. The molecule has 0 radical (unpaired) electrons. The van der Waals surface area contributed by atoms with Gasteiger partial charge in [0, 0.05) is 24.3 Å². The third-order valence-corrected chi connectivity index (χ3v) is 4.54. The van der Waals surface area contributed by atoms with E-state index in [1.807, 2.05) is 18.5 Å². The Morgan fingerprint density at radius 3 is 2.68 bits per heavy atom. The Kier molecular flexibility index (Phi) is 7.04. The van der Waals surface area contributed by atoms with Gasteiger partial charge < -0.3 is 10.6 Å². The fourth-order valence-corrected chi connectivity index (χ4v) is 2.92. The van der Waals surface area contributed by atoms with Crippen LogP contribution in [-0.2, 0) is 11.3 Å². The summed E-state index contributed by atoms with van der Waals surface area (Å²) in [7, 11) is 0. The number of amides is 1. The van der Waals surface area contributed by atoms with Crippen molar-refractivity contribution in [3.05, 3.63) is 6.20 Å². The minimum Gasteiger partial charge on any atom is -0.367 e. The zero-order valence-electron chi connectivity index (χ0n) is 15.7. The molecule has 25 heavy (non-hydrogen) atoms. The van der Waals surface area contributed by atoms with E-state index in [0.717, 1.165) is 34.2 Å². The zero-order chi connectivity index (χ0) is 18.4. The summed E-state index contributed by atoms with van der Waals surface area (Å²) in [5.41, 5.74) is 0.801. The topological polar surface area (TPSA) is 84.7 Å². The molecule has 0 aromatic carbocycles. The lowest BCUT2D eigenvalue weighted by Crippen LogP contribution is -2.30. The number of nitrogens with zero attached hydrogens (tertiary/aromatic N) is 4. The number of nitrogens with one attached hydrogen (secondary N) is 2. The average Bonchev–Trinajstić information content (AvgIpc) is 2.95. The van der Waals surface area contributed by atoms with E-state index in [0.29, 0.717) is 13.1 Å². The molecule has 0 spiro atoms. The number of thioether (sulfide) groups is 1. The molecule has 0 saturated carbocycles. The average molecular weight is 365 g/mol. The van der Waals surface area contributed by atoms with Crippen LogP contribution in [0.3, 0.4) is 0 Å². The Hall–Kier alpha value is -1.83. The van der Waals surface area contributed by atoms with E-state index in [2.05, 4.69) is 46.5 Å². The van der Waals surface area contributed by atoms with Crippen LogP contribution in [0, 0.1) is 5.92 Å². The molecular weight excluding hydrogens is 336 g/mol. The molecule has 0 atom stereocenters. The van der Waals surface area contributed by atoms with E-state index in [1.165, 1.54) is 0 Å². The van der Waals surface area contributed by atoms with E-state index in [1.54, 1.807) is 18.0 Å². The quantitative estimate of drug-likeness (QED) is 0.526. The number of fused-ring (bicyclic) bond motifs is 1. The van der Waals surface area contributed by atoms with Gasteiger partial charge in [-0.15, -0.1) is 0 Å². The van der Waals surface area contributed by atoms with E-state index < -0.39 is 0 Å². The highest BCUT2D eigenvalue weighted by Crippen LogP contribution is 2.25. The third kappa shape index (κ3) is 5.32. The lowest BCUT2D eigenvalue weighted by Gasteiger charge is -2.12. The Morgan fingerprint density at radius 2 is 2.04 bits per heavy atom. The van der Waals surface area contributed by atoms with Gasteiger partial charge in [0.05, 0.1) is 18.1 Å². The van der Waals surface area contributed by atoms with Crippen molar-refractivity contribution in [2.24, 2.45) is 5.92 Å². The Labute approximate surface area is 153 Å². The molecular formula is C17H28N6OS.